The topological polar surface area (TPSA) is 69.7 Å². The molecule has 158 valence electrons. The molecule has 1 aromatic heterocycles. The number of hydrogen-bond donors (Lipinski definition) is 1. The lowest BCUT2D eigenvalue weighted by atomic mass is 9.59. The molecule has 2 aromatic rings. The van der Waals surface area contributed by atoms with E-state index < -0.39 is 36.6 Å². The smallest absolute Gasteiger partial charge is 0.283 e. The number of aliphatic imine (C=N–C) groups is 1. The first-order valence-corrected chi connectivity index (χ1v) is 10.3. The molecule has 30 heavy (non-hydrogen) atoms. The number of amidine groups is 1. The molecule has 4 atom stereocenters. The number of methoxy groups -OCH3 is 1. The molecule has 1 aromatic carbocycles. The highest BCUT2D eigenvalue weighted by Crippen LogP contribution is 2.62. The molecule has 1 fully saturated rings. The van der Waals surface area contributed by atoms with E-state index in [4.69, 9.17) is 33.7 Å². The summed E-state index contributed by atoms with van der Waals surface area (Å²) in [6.07, 6.45) is 2.54. The van der Waals surface area contributed by atoms with Crippen molar-refractivity contribution in [3.63, 3.8) is 0 Å². The molecule has 0 bridgehead atoms. The average molecular weight is 435 g/mol. The van der Waals surface area contributed by atoms with Gasteiger partial charge in [0.15, 0.2) is 0 Å². The lowest BCUT2D eigenvalue weighted by Crippen LogP contribution is -2.48. The van der Waals surface area contributed by atoms with Crippen molar-refractivity contribution in [3.8, 4) is 11.1 Å². The lowest BCUT2D eigenvalue weighted by Gasteiger charge is -2.47. The minimum absolute atomic E-state index is 0.183. The summed E-state index contributed by atoms with van der Waals surface area (Å²) in [6.45, 7) is -0.367. The maximum atomic E-state index is 14.6. The van der Waals surface area contributed by atoms with Crippen LogP contribution in [0.25, 0.3) is 11.1 Å². The van der Waals surface area contributed by atoms with Crippen LogP contribution in [0.2, 0.25) is 5.02 Å². The van der Waals surface area contributed by atoms with Crippen LogP contribution in [0.15, 0.2) is 35.5 Å². The van der Waals surface area contributed by atoms with Crippen molar-refractivity contribution in [2.45, 2.75) is 44.2 Å². The van der Waals surface area contributed by atoms with Crippen molar-refractivity contribution in [1.29, 1.82) is 0 Å². The van der Waals surface area contributed by atoms with Gasteiger partial charge in [0.05, 0.1) is 18.0 Å². The molecular weight excluding hydrogens is 405 g/mol. The van der Waals surface area contributed by atoms with Crippen LogP contribution in [0.3, 0.4) is 0 Å². The highest BCUT2D eigenvalue weighted by Gasteiger charge is 2.62. The van der Waals surface area contributed by atoms with Gasteiger partial charge in [-0.05, 0) is 60.4 Å². The standard InChI is InChI=1S/C23H25ClFN3O2/c1-13-9-22(6-5-19(13)29-2)10-15-4-3-14(17-8-16(24)11-27-20(17)25)7-18(15)23(22)12-30-21(26)28-23/h3-4,7-8,11,13,19H,5-6,9-10,12H2,1-2H3,(H2,26,28)/t13-,19-,22-,23-/m0/s1/i2D3,12D2. The first kappa shape index (κ1) is 14.8. The van der Waals surface area contributed by atoms with Crippen LogP contribution in [0.1, 0.15) is 44.2 Å². The predicted molar refractivity (Wildman–Crippen MR) is 114 cm³/mol. The maximum absolute atomic E-state index is 14.6. The molecule has 3 aliphatic rings. The normalized spacial score (nSPS) is 36.9. The Kier molecular flexibility index (Phi) is 3.41. The molecule has 1 saturated carbocycles. The van der Waals surface area contributed by atoms with Crippen LogP contribution in [0.4, 0.5) is 4.39 Å². The molecule has 2 heterocycles. The van der Waals surface area contributed by atoms with Gasteiger partial charge in [0.25, 0.3) is 6.02 Å². The fourth-order valence-corrected chi connectivity index (χ4v) is 5.69. The Labute approximate surface area is 187 Å². The number of nitrogens with zero attached hydrogens (tertiary/aromatic N) is 2. The molecule has 5 rings (SSSR count). The van der Waals surface area contributed by atoms with E-state index in [1.54, 1.807) is 12.1 Å². The van der Waals surface area contributed by atoms with E-state index in [2.05, 4.69) is 9.98 Å². The second-order valence-corrected chi connectivity index (χ2v) is 9.00. The van der Waals surface area contributed by atoms with Gasteiger partial charge in [-0.3, -0.25) is 0 Å². The number of hydrogen-bond acceptors (Lipinski definition) is 5. The Morgan fingerprint density at radius 1 is 1.43 bits per heavy atom. The molecule has 2 spiro atoms. The van der Waals surface area contributed by atoms with Crippen molar-refractivity contribution in [1.82, 2.24) is 4.98 Å². The zero-order valence-corrected chi connectivity index (χ0v) is 17.2. The molecule has 0 unspecified atom stereocenters. The van der Waals surface area contributed by atoms with E-state index in [0.29, 0.717) is 36.8 Å². The number of ether oxygens (including phenoxy) is 2. The summed E-state index contributed by atoms with van der Waals surface area (Å²) in [6, 6.07) is 6.54. The number of halogens is 2. The summed E-state index contributed by atoms with van der Waals surface area (Å²) in [5, 5.41) is 0.274. The Balaban J connectivity index is 1.64. The van der Waals surface area contributed by atoms with Gasteiger partial charge in [-0.2, -0.15) is 4.39 Å². The van der Waals surface area contributed by atoms with E-state index in [0.717, 1.165) is 5.56 Å². The molecule has 2 N–H and O–H groups in total. The summed E-state index contributed by atoms with van der Waals surface area (Å²) in [4.78, 5) is 8.31. The number of benzene rings is 1. The Morgan fingerprint density at radius 2 is 2.30 bits per heavy atom. The Bertz CT molecular complexity index is 1230. The van der Waals surface area contributed by atoms with Crippen LogP contribution < -0.4 is 5.73 Å². The van der Waals surface area contributed by atoms with Crippen LogP contribution in [0, 0.1) is 17.3 Å². The van der Waals surface area contributed by atoms with Crippen LogP contribution in [-0.2, 0) is 21.4 Å². The van der Waals surface area contributed by atoms with Crippen LogP contribution in [0.5, 0.6) is 0 Å². The molecular formula is C23H25ClFN3O2. The highest BCUT2D eigenvalue weighted by molar-refractivity contribution is 6.30. The van der Waals surface area contributed by atoms with Crippen molar-refractivity contribution in [2.24, 2.45) is 22.1 Å². The molecule has 2 aliphatic carbocycles. The van der Waals surface area contributed by atoms with E-state index in [1.165, 1.54) is 12.3 Å². The van der Waals surface area contributed by atoms with E-state index in [-0.39, 0.29) is 22.5 Å². The zero-order chi connectivity index (χ0) is 25.4. The van der Waals surface area contributed by atoms with E-state index in [9.17, 15) is 4.39 Å². The summed E-state index contributed by atoms with van der Waals surface area (Å²) >= 11 is 6.06. The van der Waals surface area contributed by atoms with Gasteiger partial charge >= 0.3 is 0 Å². The third kappa shape index (κ3) is 2.77. The van der Waals surface area contributed by atoms with Gasteiger partial charge in [-0.15, -0.1) is 0 Å². The van der Waals surface area contributed by atoms with Gasteiger partial charge in [-0.25, -0.2) is 9.98 Å². The van der Waals surface area contributed by atoms with Crippen LogP contribution in [-0.4, -0.2) is 30.7 Å². The van der Waals surface area contributed by atoms with E-state index >= 15 is 0 Å². The van der Waals surface area contributed by atoms with Gasteiger partial charge in [-0.1, -0.05) is 30.7 Å². The van der Waals surface area contributed by atoms with Gasteiger partial charge in [0.1, 0.15) is 12.1 Å². The molecule has 0 radical (unpaired) electrons. The largest absolute Gasteiger partial charge is 0.462 e. The fraction of sp³-hybridized carbons (Fsp3) is 0.478. The minimum atomic E-state index is -2.52. The Morgan fingerprint density at radius 3 is 3.03 bits per heavy atom. The summed E-state index contributed by atoms with van der Waals surface area (Å²) < 4.78 is 65.6. The van der Waals surface area contributed by atoms with Gasteiger partial charge in [0.2, 0.25) is 5.95 Å². The Hall–Kier alpha value is -2.18. The SMILES string of the molecule is [2H]C([2H])([2H])O[C@H]1CC[C@@]2(Cc3ccc(-c4cc(Cl)cnc4F)cc3[C@]23N=C(N)OC3([2H])[2H])C[C@@H]1C. The molecule has 0 saturated heterocycles. The summed E-state index contributed by atoms with van der Waals surface area (Å²) in [5.41, 5.74) is 5.83. The quantitative estimate of drug-likeness (QED) is 0.708. The molecule has 5 nitrogen and oxygen atoms in total. The second-order valence-electron chi connectivity index (χ2n) is 8.56. The number of pyridine rings is 1. The summed E-state index contributed by atoms with van der Waals surface area (Å²) in [5.74, 6) is -0.877. The number of fused-ring (bicyclic) bond motifs is 3. The minimum Gasteiger partial charge on any atom is -0.462 e. The highest BCUT2D eigenvalue weighted by atomic mass is 35.5. The first-order chi connectivity index (χ1) is 16.3. The molecule has 7 heteroatoms. The number of aromatic nitrogens is 1. The van der Waals surface area contributed by atoms with Crippen LogP contribution >= 0.6 is 11.6 Å². The second kappa shape index (κ2) is 6.92. The van der Waals surface area contributed by atoms with Crippen molar-refractivity contribution in [2.75, 3.05) is 13.6 Å². The van der Waals surface area contributed by atoms with Crippen molar-refractivity contribution >= 4 is 17.6 Å². The monoisotopic (exact) mass is 434 g/mol. The number of rotatable bonds is 2. The predicted octanol–water partition coefficient (Wildman–Crippen LogP) is 4.46. The summed E-state index contributed by atoms with van der Waals surface area (Å²) in [7, 11) is -2.52. The van der Waals surface area contributed by atoms with Gasteiger partial charge in [0, 0.05) is 24.2 Å². The molecule has 1 aliphatic heterocycles. The third-order valence-corrected chi connectivity index (χ3v) is 7.11. The van der Waals surface area contributed by atoms with E-state index in [1.807, 2.05) is 13.0 Å². The van der Waals surface area contributed by atoms with Gasteiger partial charge < -0.3 is 15.2 Å². The average Bonchev–Trinajstić information content (AvgIpc) is 3.15. The maximum Gasteiger partial charge on any atom is 0.283 e. The fourth-order valence-electron chi connectivity index (χ4n) is 5.53. The molecule has 0 amide bonds. The number of nitrogens with two attached hydrogens (primary N) is 1. The third-order valence-electron chi connectivity index (χ3n) is 6.90. The van der Waals surface area contributed by atoms with Crippen molar-refractivity contribution in [3.05, 3.63) is 52.6 Å². The van der Waals surface area contributed by atoms with Crippen molar-refractivity contribution < 1.29 is 20.7 Å². The lowest BCUT2D eigenvalue weighted by molar-refractivity contribution is -0.0445. The first-order valence-electron chi connectivity index (χ1n) is 12.4. The zero-order valence-electron chi connectivity index (χ0n) is 21.4.